The van der Waals surface area contributed by atoms with Crippen LogP contribution in [0.25, 0.3) is 0 Å². The molecule has 1 saturated heterocycles. The standard InChI is InChI=1S/C19H20N2O/c1-12-9-15-16(10-13(12)2)21-17(14-7-5-4-6-8-14)11-19(21,3)18(22)20-15/h4-10,17H,11H2,1-3H3,(H,20,22)/t17-,19-/m1/s1. The van der Waals surface area contributed by atoms with Crippen LogP contribution in [-0.2, 0) is 4.79 Å². The van der Waals surface area contributed by atoms with Gasteiger partial charge in [-0.25, -0.2) is 0 Å². The normalized spacial score (nSPS) is 25.9. The van der Waals surface area contributed by atoms with Gasteiger partial charge in [0.15, 0.2) is 0 Å². The monoisotopic (exact) mass is 292 g/mol. The van der Waals surface area contributed by atoms with E-state index >= 15 is 0 Å². The number of fused-ring (bicyclic) bond motifs is 3. The lowest BCUT2D eigenvalue weighted by molar-refractivity contribution is -0.124. The smallest absolute Gasteiger partial charge is 0.250 e. The maximum absolute atomic E-state index is 12.6. The Hall–Kier alpha value is -2.29. The maximum atomic E-state index is 12.6. The van der Waals surface area contributed by atoms with Gasteiger partial charge in [0.2, 0.25) is 5.91 Å². The summed E-state index contributed by atoms with van der Waals surface area (Å²) in [6.45, 7) is 6.25. The molecule has 4 rings (SSSR count). The Kier molecular flexibility index (Phi) is 2.65. The molecule has 2 heterocycles. The van der Waals surface area contributed by atoms with E-state index < -0.39 is 5.54 Å². The first-order valence-corrected chi connectivity index (χ1v) is 7.78. The molecule has 2 aliphatic heterocycles. The minimum absolute atomic E-state index is 0.107. The van der Waals surface area contributed by atoms with Crippen molar-refractivity contribution in [2.24, 2.45) is 0 Å². The summed E-state index contributed by atoms with van der Waals surface area (Å²) in [4.78, 5) is 14.9. The van der Waals surface area contributed by atoms with Crippen LogP contribution in [0.4, 0.5) is 11.4 Å². The Morgan fingerprint density at radius 3 is 2.55 bits per heavy atom. The number of carbonyl (C=O) groups is 1. The number of nitrogens with zero attached hydrogens (tertiary/aromatic N) is 1. The van der Waals surface area contributed by atoms with Crippen molar-refractivity contribution in [2.75, 3.05) is 10.2 Å². The van der Waals surface area contributed by atoms with Crippen LogP contribution in [0.1, 0.15) is 36.1 Å². The van der Waals surface area contributed by atoms with Crippen molar-refractivity contribution in [2.45, 2.75) is 38.8 Å². The lowest BCUT2D eigenvalue weighted by atomic mass is 9.73. The highest BCUT2D eigenvalue weighted by Gasteiger charge is 2.56. The van der Waals surface area contributed by atoms with Gasteiger partial charge in [-0.2, -0.15) is 0 Å². The summed E-state index contributed by atoms with van der Waals surface area (Å²) in [7, 11) is 0. The SMILES string of the molecule is Cc1cc2c(cc1C)N1[C@@H](c3ccccc3)C[C@]1(C)C(=O)N2. The van der Waals surface area contributed by atoms with Crippen LogP contribution in [0.3, 0.4) is 0 Å². The van der Waals surface area contributed by atoms with E-state index in [0.717, 1.165) is 17.8 Å². The number of anilines is 2. The third-order valence-electron chi connectivity index (χ3n) is 5.23. The fourth-order valence-electron chi connectivity index (χ4n) is 3.73. The van der Waals surface area contributed by atoms with Crippen molar-refractivity contribution in [1.29, 1.82) is 0 Å². The maximum Gasteiger partial charge on any atom is 0.250 e. The molecule has 2 aromatic rings. The van der Waals surface area contributed by atoms with Gasteiger partial charge >= 0.3 is 0 Å². The van der Waals surface area contributed by atoms with Crippen LogP contribution in [0.2, 0.25) is 0 Å². The molecule has 3 nitrogen and oxygen atoms in total. The number of carbonyl (C=O) groups excluding carboxylic acids is 1. The van der Waals surface area contributed by atoms with Crippen molar-refractivity contribution < 1.29 is 4.79 Å². The summed E-state index contributed by atoms with van der Waals surface area (Å²) in [5.74, 6) is 0.107. The fraction of sp³-hybridized carbons (Fsp3) is 0.316. The second-order valence-electron chi connectivity index (χ2n) is 6.68. The topological polar surface area (TPSA) is 32.3 Å². The molecule has 0 spiro atoms. The Morgan fingerprint density at radius 2 is 1.82 bits per heavy atom. The lowest BCUT2D eigenvalue weighted by Crippen LogP contribution is -2.68. The molecule has 1 N–H and O–H groups in total. The van der Waals surface area contributed by atoms with Crippen molar-refractivity contribution in [3.8, 4) is 0 Å². The first-order valence-electron chi connectivity index (χ1n) is 7.78. The molecule has 0 radical (unpaired) electrons. The number of aryl methyl sites for hydroxylation is 2. The Labute approximate surface area is 131 Å². The molecule has 2 aromatic carbocycles. The second-order valence-corrected chi connectivity index (χ2v) is 6.68. The third kappa shape index (κ3) is 1.65. The van der Waals surface area contributed by atoms with E-state index in [9.17, 15) is 4.79 Å². The average Bonchev–Trinajstić information content (AvgIpc) is 2.49. The number of benzene rings is 2. The molecule has 0 unspecified atom stereocenters. The molecular formula is C19H20N2O. The predicted octanol–water partition coefficient (Wildman–Crippen LogP) is 3.97. The van der Waals surface area contributed by atoms with Crippen LogP contribution in [0.5, 0.6) is 0 Å². The highest BCUT2D eigenvalue weighted by molar-refractivity contribution is 6.08. The molecule has 0 bridgehead atoms. The zero-order chi connectivity index (χ0) is 15.5. The minimum atomic E-state index is -0.435. The molecule has 22 heavy (non-hydrogen) atoms. The van der Waals surface area contributed by atoms with E-state index in [2.05, 4.69) is 60.5 Å². The summed E-state index contributed by atoms with van der Waals surface area (Å²) in [6, 6.07) is 15.0. The predicted molar refractivity (Wildman–Crippen MR) is 89.2 cm³/mol. The van der Waals surface area contributed by atoms with Gasteiger partial charge < -0.3 is 10.2 Å². The Morgan fingerprint density at radius 1 is 1.14 bits per heavy atom. The van der Waals surface area contributed by atoms with Crippen LogP contribution >= 0.6 is 0 Å². The van der Waals surface area contributed by atoms with Gasteiger partial charge in [-0.1, -0.05) is 30.3 Å². The summed E-state index contributed by atoms with van der Waals surface area (Å²) in [5.41, 5.74) is 5.39. The van der Waals surface area contributed by atoms with Crippen LogP contribution < -0.4 is 10.2 Å². The first kappa shape index (κ1) is 13.4. The number of hydrogen-bond acceptors (Lipinski definition) is 2. The van der Waals surface area contributed by atoms with Crippen LogP contribution in [0.15, 0.2) is 42.5 Å². The molecule has 1 fully saturated rings. The van der Waals surface area contributed by atoms with Gasteiger partial charge in [-0.05, 0) is 49.6 Å². The van der Waals surface area contributed by atoms with E-state index in [1.165, 1.54) is 16.7 Å². The van der Waals surface area contributed by atoms with Gasteiger partial charge in [0, 0.05) is 6.42 Å². The molecule has 0 saturated carbocycles. The number of amides is 1. The number of rotatable bonds is 1. The Bertz CT molecular complexity index is 769. The van der Waals surface area contributed by atoms with E-state index in [1.54, 1.807) is 0 Å². The molecule has 0 aliphatic carbocycles. The molecule has 2 atom stereocenters. The van der Waals surface area contributed by atoms with Crippen LogP contribution in [-0.4, -0.2) is 11.4 Å². The van der Waals surface area contributed by atoms with Crippen molar-refractivity contribution >= 4 is 17.3 Å². The second kappa shape index (κ2) is 4.35. The average molecular weight is 292 g/mol. The van der Waals surface area contributed by atoms with Gasteiger partial charge in [-0.3, -0.25) is 4.79 Å². The zero-order valence-corrected chi connectivity index (χ0v) is 13.2. The Balaban J connectivity index is 1.85. The minimum Gasteiger partial charge on any atom is -0.348 e. The first-order chi connectivity index (χ1) is 10.5. The van der Waals surface area contributed by atoms with E-state index in [4.69, 9.17) is 0 Å². The van der Waals surface area contributed by atoms with E-state index in [1.807, 2.05) is 13.0 Å². The van der Waals surface area contributed by atoms with Crippen molar-refractivity contribution in [3.05, 3.63) is 59.2 Å². The van der Waals surface area contributed by atoms with Crippen LogP contribution in [0, 0.1) is 13.8 Å². The number of hydrogen-bond donors (Lipinski definition) is 1. The van der Waals surface area contributed by atoms with Gasteiger partial charge in [0.05, 0.1) is 17.4 Å². The fourth-order valence-corrected chi connectivity index (χ4v) is 3.73. The summed E-state index contributed by atoms with van der Waals surface area (Å²) >= 11 is 0. The van der Waals surface area contributed by atoms with Gasteiger partial charge in [0.1, 0.15) is 5.54 Å². The third-order valence-corrected chi connectivity index (χ3v) is 5.23. The quantitative estimate of drug-likeness (QED) is 0.862. The number of nitrogens with one attached hydrogen (secondary N) is 1. The molecule has 0 aromatic heterocycles. The highest BCUT2D eigenvalue weighted by Crippen LogP contribution is 2.54. The summed E-state index contributed by atoms with van der Waals surface area (Å²) < 4.78 is 0. The van der Waals surface area contributed by atoms with Gasteiger partial charge in [-0.15, -0.1) is 0 Å². The molecular weight excluding hydrogens is 272 g/mol. The van der Waals surface area contributed by atoms with E-state index in [-0.39, 0.29) is 11.9 Å². The lowest BCUT2D eigenvalue weighted by Gasteiger charge is -2.59. The molecule has 112 valence electrons. The summed E-state index contributed by atoms with van der Waals surface area (Å²) in [6.07, 6.45) is 0.856. The highest BCUT2D eigenvalue weighted by atomic mass is 16.2. The largest absolute Gasteiger partial charge is 0.348 e. The summed E-state index contributed by atoms with van der Waals surface area (Å²) in [5, 5.41) is 3.09. The molecule has 3 heteroatoms. The molecule has 1 amide bonds. The van der Waals surface area contributed by atoms with Crippen molar-refractivity contribution in [1.82, 2.24) is 0 Å². The zero-order valence-electron chi connectivity index (χ0n) is 13.2. The van der Waals surface area contributed by atoms with Gasteiger partial charge in [0.25, 0.3) is 0 Å². The molecule has 2 aliphatic rings. The van der Waals surface area contributed by atoms with Crippen molar-refractivity contribution in [3.63, 3.8) is 0 Å². The van der Waals surface area contributed by atoms with E-state index in [0.29, 0.717) is 0 Å².